The van der Waals surface area contributed by atoms with Crippen LogP contribution in [0.15, 0.2) is 24.3 Å². The summed E-state index contributed by atoms with van der Waals surface area (Å²) < 4.78 is 12.8. The van der Waals surface area contributed by atoms with E-state index in [0.717, 1.165) is 35.8 Å². The van der Waals surface area contributed by atoms with Crippen molar-refractivity contribution in [3.8, 4) is 5.75 Å². The molecule has 0 amide bonds. The lowest BCUT2D eigenvalue weighted by Crippen LogP contribution is -2.37. The molecule has 0 saturated heterocycles. The van der Waals surface area contributed by atoms with Gasteiger partial charge in [0.25, 0.3) is 0 Å². The smallest absolute Gasteiger partial charge is 0.202 e. The second-order valence-corrected chi connectivity index (χ2v) is 8.56. The van der Waals surface area contributed by atoms with Gasteiger partial charge in [-0.3, -0.25) is 0 Å². The predicted molar refractivity (Wildman–Crippen MR) is 97.0 cm³/mol. The van der Waals surface area contributed by atoms with Crippen molar-refractivity contribution in [1.29, 1.82) is 0 Å². The Bertz CT molecular complexity index is 550. The van der Waals surface area contributed by atoms with Gasteiger partial charge in [-0.05, 0) is 73.5 Å². The first-order valence-corrected chi connectivity index (χ1v) is 10.1. The Balaban J connectivity index is 1.41. The first-order valence-electron chi connectivity index (χ1n) is 10.1. The lowest BCUT2D eigenvalue weighted by Gasteiger charge is -2.35. The Morgan fingerprint density at radius 3 is 2.46 bits per heavy atom. The first-order chi connectivity index (χ1) is 11.7. The summed E-state index contributed by atoms with van der Waals surface area (Å²) in [5.41, 5.74) is 1.35. The van der Waals surface area contributed by atoms with Gasteiger partial charge < -0.3 is 9.47 Å². The van der Waals surface area contributed by atoms with Crippen molar-refractivity contribution in [1.82, 2.24) is 0 Å². The Kier molecular flexibility index (Phi) is 4.60. The molecule has 3 fully saturated rings. The number of ether oxygens (including phenoxy) is 2. The van der Waals surface area contributed by atoms with Gasteiger partial charge in [-0.1, -0.05) is 39.3 Å². The van der Waals surface area contributed by atoms with Crippen LogP contribution in [0.5, 0.6) is 5.75 Å². The topological polar surface area (TPSA) is 18.5 Å². The van der Waals surface area contributed by atoms with Gasteiger partial charge in [0, 0.05) is 5.92 Å². The van der Waals surface area contributed by atoms with Crippen molar-refractivity contribution in [3.63, 3.8) is 0 Å². The molecule has 6 unspecified atom stereocenters. The minimum Gasteiger partial charge on any atom is -0.465 e. The maximum Gasteiger partial charge on any atom is 0.202 e. The Hall–Kier alpha value is -1.02. The highest BCUT2D eigenvalue weighted by atomic mass is 16.7. The molecule has 4 rings (SSSR count). The van der Waals surface area contributed by atoms with E-state index in [1.54, 1.807) is 0 Å². The largest absolute Gasteiger partial charge is 0.465 e. The zero-order chi connectivity index (χ0) is 16.7. The van der Waals surface area contributed by atoms with Crippen LogP contribution in [0.25, 0.3) is 0 Å². The van der Waals surface area contributed by atoms with E-state index in [1.807, 2.05) is 0 Å². The van der Waals surface area contributed by atoms with E-state index in [-0.39, 0.29) is 6.29 Å². The average Bonchev–Trinajstić information content (AvgIpc) is 3.27. The minimum absolute atomic E-state index is 0.123. The Morgan fingerprint density at radius 1 is 1.00 bits per heavy atom. The van der Waals surface area contributed by atoms with Crippen molar-refractivity contribution in [2.75, 3.05) is 0 Å². The molecule has 6 atom stereocenters. The van der Waals surface area contributed by atoms with E-state index in [0.29, 0.717) is 12.0 Å². The van der Waals surface area contributed by atoms with Crippen LogP contribution in [0.4, 0.5) is 0 Å². The van der Waals surface area contributed by atoms with Gasteiger partial charge >= 0.3 is 0 Å². The van der Waals surface area contributed by atoms with Crippen molar-refractivity contribution >= 4 is 0 Å². The lowest BCUT2D eigenvalue weighted by atomic mass is 9.80. The molecular weight excluding hydrogens is 296 g/mol. The van der Waals surface area contributed by atoms with Gasteiger partial charge in [0.1, 0.15) is 5.75 Å². The number of aryl methyl sites for hydroxylation is 1. The molecule has 1 aromatic rings. The summed E-state index contributed by atoms with van der Waals surface area (Å²) in [6.45, 7) is 6.59. The van der Waals surface area contributed by atoms with E-state index in [2.05, 4.69) is 45.0 Å². The maximum absolute atomic E-state index is 6.55. The zero-order valence-electron chi connectivity index (χ0n) is 15.4. The van der Waals surface area contributed by atoms with Gasteiger partial charge in [0.2, 0.25) is 6.29 Å². The molecule has 0 spiro atoms. The molecule has 2 nitrogen and oxygen atoms in total. The molecule has 0 radical (unpaired) electrons. The lowest BCUT2D eigenvalue weighted by molar-refractivity contribution is -0.162. The summed E-state index contributed by atoms with van der Waals surface area (Å²) in [7, 11) is 0. The Labute approximate surface area is 146 Å². The zero-order valence-corrected chi connectivity index (χ0v) is 15.4. The third-order valence-corrected chi connectivity index (χ3v) is 6.80. The molecule has 3 aliphatic rings. The number of hydrogen-bond acceptors (Lipinski definition) is 2. The van der Waals surface area contributed by atoms with Crippen LogP contribution in [-0.2, 0) is 11.2 Å². The normalized spacial score (nSPS) is 35.4. The van der Waals surface area contributed by atoms with Crippen molar-refractivity contribution in [2.45, 2.75) is 71.7 Å². The molecule has 24 heavy (non-hydrogen) atoms. The number of rotatable bonds is 6. The fourth-order valence-electron chi connectivity index (χ4n) is 5.59. The molecule has 3 aliphatic carbocycles. The molecule has 2 heteroatoms. The van der Waals surface area contributed by atoms with Crippen LogP contribution in [0.2, 0.25) is 0 Å². The van der Waals surface area contributed by atoms with E-state index in [1.165, 1.54) is 37.7 Å². The highest BCUT2D eigenvalue weighted by molar-refractivity contribution is 5.27. The monoisotopic (exact) mass is 328 g/mol. The molecule has 0 aliphatic heterocycles. The van der Waals surface area contributed by atoms with Gasteiger partial charge in [-0.25, -0.2) is 0 Å². The fourth-order valence-corrected chi connectivity index (χ4v) is 5.59. The SMILES string of the molecule is CCc1ccc(OC(OC2CC3CC2C2CCCC32)C(C)C)cc1. The standard InChI is InChI=1S/C22H32O2/c1-4-15-8-10-17(11-9-15)23-22(14(2)3)24-21-13-16-12-20(21)19-7-5-6-18(16)19/h8-11,14,16,18-22H,4-7,12-13H2,1-3H3. The van der Waals surface area contributed by atoms with Crippen LogP contribution in [0.1, 0.15) is 58.4 Å². The van der Waals surface area contributed by atoms with Crippen molar-refractivity contribution < 1.29 is 9.47 Å². The quantitative estimate of drug-likeness (QED) is 0.646. The third-order valence-electron chi connectivity index (χ3n) is 6.80. The highest BCUT2D eigenvalue weighted by Crippen LogP contribution is 2.59. The maximum atomic E-state index is 6.55. The minimum atomic E-state index is -0.123. The molecule has 2 bridgehead atoms. The molecule has 1 aromatic carbocycles. The van der Waals surface area contributed by atoms with Crippen LogP contribution >= 0.6 is 0 Å². The molecule has 0 aromatic heterocycles. The average molecular weight is 328 g/mol. The third kappa shape index (κ3) is 2.98. The molecule has 3 saturated carbocycles. The Morgan fingerprint density at radius 2 is 1.75 bits per heavy atom. The first kappa shape index (κ1) is 16.4. The summed E-state index contributed by atoms with van der Waals surface area (Å²) in [4.78, 5) is 0. The van der Waals surface area contributed by atoms with E-state index < -0.39 is 0 Å². The van der Waals surface area contributed by atoms with Crippen molar-refractivity contribution in [3.05, 3.63) is 29.8 Å². The molecule has 132 valence electrons. The summed E-state index contributed by atoms with van der Waals surface area (Å²) in [6.07, 6.45) is 8.42. The molecule has 0 N–H and O–H groups in total. The van der Waals surface area contributed by atoms with Gasteiger partial charge in [0.05, 0.1) is 6.10 Å². The summed E-state index contributed by atoms with van der Waals surface area (Å²) in [6, 6.07) is 8.50. The summed E-state index contributed by atoms with van der Waals surface area (Å²) in [5.74, 6) is 5.02. The highest BCUT2D eigenvalue weighted by Gasteiger charge is 2.54. The predicted octanol–water partition coefficient (Wildman–Crippen LogP) is 5.45. The number of hydrogen-bond donors (Lipinski definition) is 0. The van der Waals surface area contributed by atoms with E-state index in [4.69, 9.17) is 9.47 Å². The van der Waals surface area contributed by atoms with Crippen LogP contribution in [0.3, 0.4) is 0 Å². The number of benzene rings is 1. The van der Waals surface area contributed by atoms with E-state index in [9.17, 15) is 0 Å². The molecular formula is C22H32O2. The second-order valence-electron chi connectivity index (χ2n) is 8.56. The second kappa shape index (κ2) is 6.71. The van der Waals surface area contributed by atoms with Crippen molar-refractivity contribution in [2.24, 2.45) is 29.6 Å². The summed E-state index contributed by atoms with van der Waals surface area (Å²) in [5, 5.41) is 0. The van der Waals surface area contributed by atoms with Crippen LogP contribution in [-0.4, -0.2) is 12.4 Å². The molecule has 0 heterocycles. The fraction of sp³-hybridized carbons (Fsp3) is 0.727. The number of fused-ring (bicyclic) bond motifs is 5. The van der Waals surface area contributed by atoms with E-state index >= 15 is 0 Å². The van der Waals surface area contributed by atoms with Gasteiger partial charge in [0.15, 0.2) is 0 Å². The van der Waals surface area contributed by atoms with Gasteiger partial charge in [-0.15, -0.1) is 0 Å². The van der Waals surface area contributed by atoms with Crippen LogP contribution < -0.4 is 4.74 Å². The van der Waals surface area contributed by atoms with Gasteiger partial charge in [-0.2, -0.15) is 0 Å². The van der Waals surface area contributed by atoms with Crippen LogP contribution in [0, 0.1) is 29.6 Å². The summed E-state index contributed by atoms with van der Waals surface area (Å²) >= 11 is 0.